The average Bonchev–Trinajstić information content (AvgIpc) is 2.52. The number of halogens is 3. The lowest BCUT2D eigenvalue weighted by Gasteiger charge is -2.44. The second-order valence-corrected chi connectivity index (χ2v) is 8.33. The Kier molecular flexibility index (Phi) is 5.39. The first-order valence-electron chi connectivity index (χ1n) is 9.48. The molecule has 0 spiro atoms. The first kappa shape index (κ1) is 16.6. The van der Waals surface area contributed by atoms with Crippen molar-refractivity contribution in [2.24, 2.45) is 29.6 Å². The molecule has 128 valence electrons. The molecule has 22 heavy (non-hydrogen) atoms. The molecule has 3 heteroatoms. The maximum atomic E-state index is 14.8. The summed E-state index contributed by atoms with van der Waals surface area (Å²) in [6, 6.07) is 0. The topological polar surface area (TPSA) is 0 Å². The summed E-state index contributed by atoms with van der Waals surface area (Å²) in [6.45, 7) is 2.26. The largest absolute Gasteiger partial charge is 0.247 e. The van der Waals surface area contributed by atoms with Gasteiger partial charge in [0, 0.05) is 0 Å². The molecule has 0 radical (unpaired) electrons. The van der Waals surface area contributed by atoms with E-state index in [0.717, 1.165) is 44.4 Å². The van der Waals surface area contributed by atoms with Crippen molar-refractivity contribution in [3.05, 3.63) is 0 Å². The van der Waals surface area contributed by atoms with Gasteiger partial charge in [-0.2, -0.15) is 0 Å². The third kappa shape index (κ3) is 3.48. The summed E-state index contributed by atoms with van der Waals surface area (Å²) in [5.41, 5.74) is 0. The van der Waals surface area contributed by atoms with Crippen molar-refractivity contribution < 1.29 is 13.2 Å². The van der Waals surface area contributed by atoms with Gasteiger partial charge in [-0.05, 0) is 81.0 Å². The molecule has 0 nitrogen and oxygen atoms in total. The van der Waals surface area contributed by atoms with E-state index >= 15 is 0 Å². The molecule has 3 saturated carbocycles. The molecule has 3 rings (SSSR count). The summed E-state index contributed by atoms with van der Waals surface area (Å²) in [5, 5.41) is 0. The average molecular weight is 316 g/mol. The van der Waals surface area contributed by atoms with Crippen LogP contribution in [0.25, 0.3) is 0 Å². The van der Waals surface area contributed by atoms with Gasteiger partial charge in [0.2, 0.25) is 0 Å². The minimum atomic E-state index is -1.31. The third-order valence-corrected chi connectivity index (χ3v) is 6.93. The van der Waals surface area contributed by atoms with Gasteiger partial charge in [0.05, 0.1) is 0 Å². The fourth-order valence-corrected chi connectivity index (χ4v) is 5.39. The highest BCUT2D eigenvalue weighted by molar-refractivity contribution is 4.95. The molecule has 0 amide bonds. The molecule has 0 heterocycles. The molecule has 4 unspecified atom stereocenters. The number of hydrogen-bond acceptors (Lipinski definition) is 0. The van der Waals surface area contributed by atoms with Crippen molar-refractivity contribution in [1.82, 2.24) is 0 Å². The van der Waals surface area contributed by atoms with E-state index < -0.39 is 18.5 Å². The highest BCUT2D eigenvalue weighted by Gasteiger charge is 2.46. The van der Waals surface area contributed by atoms with Crippen LogP contribution in [0.3, 0.4) is 0 Å². The second kappa shape index (κ2) is 7.13. The van der Waals surface area contributed by atoms with Crippen LogP contribution in [-0.4, -0.2) is 18.5 Å². The predicted octanol–water partition coefficient (Wildman–Crippen LogP) is 6.04. The molecule has 0 N–H and O–H groups in total. The van der Waals surface area contributed by atoms with Gasteiger partial charge >= 0.3 is 0 Å². The summed E-state index contributed by atoms with van der Waals surface area (Å²) in [6.07, 6.45) is 5.49. The smallest absolute Gasteiger partial charge is 0.134 e. The second-order valence-electron chi connectivity index (χ2n) is 8.33. The Balaban J connectivity index is 1.57. The highest BCUT2D eigenvalue weighted by Crippen LogP contribution is 2.47. The zero-order valence-corrected chi connectivity index (χ0v) is 13.8. The molecule has 3 aliphatic carbocycles. The van der Waals surface area contributed by atoms with Crippen LogP contribution in [0.1, 0.15) is 71.1 Å². The normalized spacial score (nSPS) is 50.7. The first-order chi connectivity index (χ1) is 10.6. The van der Waals surface area contributed by atoms with Crippen molar-refractivity contribution in [2.45, 2.75) is 89.6 Å². The van der Waals surface area contributed by atoms with E-state index in [1.165, 1.54) is 12.8 Å². The van der Waals surface area contributed by atoms with Gasteiger partial charge in [0.15, 0.2) is 0 Å². The summed E-state index contributed by atoms with van der Waals surface area (Å²) in [5.74, 6) is 1.15. The van der Waals surface area contributed by atoms with Crippen molar-refractivity contribution in [2.75, 3.05) is 0 Å². The molecule has 3 aliphatic rings. The Labute approximate surface area is 133 Å². The van der Waals surface area contributed by atoms with Gasteiger partial charge < -0.3 is 0 Å². The van der Waals surface area contributed by atoms with Crippen LogP contribution in [0.15, 0.2) is 0 Å². The Hall–Kier alpha value is -0.210. The van der Waals surface area contributed by atoms with Gasteiger partial charge in [0.25, 0.3) is 0 Å². The molecular weight excluding hydrogens is 285 g/mol. The Morgan fingerprint density at radius 1 is 0.545 bits per heavy atom. The van der Waals surface area contributed by atoms with E-state index in [9.17, 15) is 13.2 Å². The third-order valence-electron chi connectivity index (χ3n) is 6.93. The fourth-order valence-electron chi connectivity index (χ4n) is 5.39. The lowest BCUT2D eigenvalue weighted by Crippen LogP contribution is -2.45. The van der Waals surface area contributed by atoms with Crippen LogP contribution in [0.2, 0.25) is 0 Å². The minimum Gasteiger partial charge on any atom is -0.247 e. The fraction of sp³-hybridized carbons (Fsp3) is 1.00. The van der Waals surface area contributed by atoms with Crippen LogP contribution < -0.4 is 0 Å². The van der Waals surface area contributed by atoms with Crippen molar-refractivity contribution in [3.63, 3.8) is 0 Å². The predicted molar refractivity (Wildman–Crippen MR) is 84.0 cm³/mol. The van der Waals surface area contributed by atoms with E-state index in [0.29, 0.717) is 18.8 Å². The maximum Gasteiger partial charge on any atom is 0.134 e. The molecule has 0 aromatic carbocycles. The molecule has 0 aromatic rings. The molecular formula is C19H31F3. The minimum absolute atomic E-state index is 0.0590. The summed E-state index contributed by atoms with van der Waals surface area (Å²) in [7, 11) is 0. The zero-order chi connectivity index (χ0) is 15.7. The molecule has 0 aliphatic heterocycles. The van der Waals surface area contributed by atoms with Crippen LogP contribution in [0.5, 0.6) is 0 Å². The summed E-state index contributed by atoms with van der Waals surface area (Å²) < 4.78 is 42.8. The van der Waals surface area contributed by atoms with Crippen molar-refractivity contribution >= 4 is 0 Å². The van der Waals surface area contributed by atoms with Gasteiger partial charge in [-0.3, -0.25) is 0 Å². The molecule has 3 fully saturated rings. The van der Waals surface area contributed by atoms with Crippen LogP contribution in [-0.2, 0) is 0 Å². The Morgan fingerprint density at radius 3 is 1.41 bits per heavy atom. The van der Waals surface area contributed by atoms with Gasteiger partial charge in [-0.1, -0.05) is 19.8 Å². The van der Waals surface area contributed by atoms with Crippen LogP contribution >= 0.6 is 0 Å². The number of hydrogen-bond donors (Lipinski definition) is 0. The van der Waals surface area contributed by atoms with Gasteiger partial charge in [-0.25, -0.2) is 13.2 Å². The lowest BCUT2D eigenvalue weighted by molar-refractivity contribution is -0.0372. The maximum absolute atomic E-state index is 14.8. The van der Waals surface area contributed by atoms with E-state index in [4.69, 9.17) is 0 Å². The molecule has 0 saturated heterocycles. The van der Waals surface area contributed by atoms with Crippen LogP contribution in [0.4, 0.5) is 13.2 Å². The Morgan fingerprint density at radius 2 is 0.955 bits per heavy atom. The summed E-state index contributed by atoms with van der Waals surface area (Å²) in [4.78, 5) is 0. The number of alkyl halides is 3. The molecule has 4 atom stereocenters. The van der Waals surface area contributed by atoms with Gasteiger partial charge in [-0.15, -0.1) is 0 Å². The highest BCUT2D eigenvalue weighted by atomic mass is 19.2. The van der Waals surface area contributed by atoms with Gasteiger partial charge in [0.1, 0.15) is 18.5 Å². The molecule has 0 aromatic heterocycles. The van der Waals surface area contributed by atoms with E-state index in [1.54, 1.807) is 0 Å². The van der Waals surface area contributed by atoms with Crippen molar-refractivity contribution in [1.29, 1.82) is 0 Å². The lowest BCUT2D eigenvalue weighted by atomic mass is 9.64. The monoisotopic (exact) mass is 316 g/mol. The first-order valence-corrected chi connectivity index (χ1v) is 9.48. The standard InChI is InChI=1S/C19H31F3/c1-12-2-4-13(5-3-12)16-10-11-17(19(22)18(16)21)14-6-8-15(20)9-7-14/h12-19H,2-11H2,1H3. The van der Waals surface area contributed by atoms with E-state index in [2.05, 4.69) is 6.92 Å². The van der Waals surface area contributed by atoms with E-state index in [-0.39, 0.29) is 17.8 Å². The SMILES string of the molecule is CC1CCC(C2CCC(C3CCC(F)CC3)C(F)C2F)CC1. The molecule has 0 bridgehead atoms. The van der Waals surface area contributed by atoms with Crippen molar-refractivity contribution in [3.8, 4) is 0 Å². The quantitative estimate of drug-likeness (QED) is 0.582. The Bertz CT molecular complexity index is 309. The zero-order valence-electron chi connectivity index (χ0n) is 13.8. The van der Waals surface area contributed by atoms with E-state index in [1.807, 2.05) is 0 Å². The van der Waals surface area contributed by atoms with Crippen LogP contribution in [0, 0.1) is 29.6 Å². The summed E-state index contributed by atoms with van der Waals surface area (Å²) >= 11 is 0. The number of rotatable bonds is 2.